The number of nitrogens with one attached hydrogen (secondary N) is 2. The Morgan fingerprint density at radius 2 is 1.73 bits per heavy atom. The van der Waals surface area contributed by atoms with Gasteiger partial charge in [-0.3, -0.25) is 5.32 Å². The Bertz CT molecular complexity index is 977. The Labute approximate surface area is 182 Å². The summed E-state index contributed by atoms with van der Waals surface area (Å²) >= 11 is 6.25. The maximum atomic E-state index is 12.4. The number of urea groups is 1. The smallest absolute Gasteiger partial charge is 0.324 e. The number of nitrogens with zero attached hydrogens (tertiary/aromatic N) is 3. The van der Waals surface area contributed by atoms with Crippen LogP contribution in [-0.4, -0.2) is 22.5 Å². The van der Waals surface area contributed by atoms with Crippen molar-refractivity contribution in [3.63, 3.8) is 0 Å². The van der Waals surface area contributed by atoms with Crippen molar-refractivity contribution < 1.29 is 4.79 Å². The van der Waals surface area contributed by atoms with Gasteiger partial charge in [0.15, 0.2) is 0 Å². The third-order valence-corrected chi connectivity index (χ3v) is 4.51. The van der Waals surface area contributed by atoms with E-state index < -0.39 is 6.03 Å². The van der Waals surface area contributed by atoms with Gasteiger partial charge in [0, 0.05) is 24.8 Å². The molecule has 2 aromatic carbocycles. The number of aromatic nitrogens is 2. The number of aryl methyl sites for hydroxylation is 1. The molecule has 1 aromatic heterocycles. The monoisotopic (exact) mass is 423 g/mol. The van der Waals surface area contributed by atoms with Gasteiger partial charge >= 0.3 is 6.03 Å². The Kier molecular flexibility index (Phi) is 7.25. The molecule has 1 heterocycles. The van der Waals surface area contributed by atoms with Crippen LogP contribution in [0.4, 0.5) is 22.2 Å². The highest BCUT2D eigenvalue weighted by Gasteiger charge is 2.15. The fraction of sp³-hybridized carbons (Fsp3) is 0.261. The number of rotatable bonds is 7. The lowest BCUT2D eigenvalue weighted by molar-refractivity contribution is 0.262. The number of benzene rings is 2. The normalized spacial score (nSPS) is 10.7. The molecule has 2 amide bonds. The topological polar surface area (TPSA) is 70.2 Å². The molecule has 0 unspecified atom stereocenters. The van der Waals surface area contributed by atoms with Crippen LogP contribution in [0.5, 0.6) is 0 Å². The molecule has 2 N–H and O–H groups in total. The number of anilines is 3. The fourth-order valence-electron chi connectivity index (χ4n) is 2.99. The summed E-state index contributed by atoms with van der Waals surface area (Å²) in [6.07, 6.45) is 0. The molecule has 0 atom stereocenters. The molecule has 0 radical (unpaired) electrons. The minimum Gasteiger partial charge on any atom is -0.336 e. The van der Waals surface area contributed by atoms with Crippen molar-refractivity contribution in [1.82, 2.24) is 9.97 Å². The molecule has 156 valence electrons. The molecule has 0 bridgehead atoms. The molecule has 0 aliphatic heterocycles. The van der Waals surface area contributed by atoms with E-state index in [0.717, 1.165) is 17.7 Å². The molecule has 6 nitrogen and oxygen atoms in total. The molecule has 0 aliphatic carbocycles. The number of amides is 2. The Balaban J connectivity index is 1.77. The van der Waals surface area contributed by atoms with Gasteiger partial charge in [-0.05, 0) is 30.5 Å². The maximum Gasteiger partial charge on any atom is 0.324 e. The number of carbonyl (C=O) groups is 1. The molecule has 0 aliphatic rings. The predicted octanol–water partition coefficient (Wildman–Crippen LogP) is 5.75. The third kappa shape index (κ3) is 6.46. The summed E-state index contributed by atoms with van der Waals surface area (Å²) < 4.78 is 0. The van der Waals surface area contributed by atoms with Crippen molar-refractivity contribution in [2.45, 2.75) is 27.3 Å². The van der Waals surface area contributed by atoms with Gasteiger partial charge in [-0.15, -0.1) is 0 Å². The average Bonchev–Trinajstić information content (AvgIpc) is 2.69. The van der Waals surface area contributed by atoms with Crippen molar-refractivity contribution >= 4 is 35.1 Å². The van der Waals surface area contributed by atoms with Crippen molar-refractivity contribution in [1.29, 1.82) is 0 Å². The molecule has 3 rings (SSSR count). The first-order valence-corrected chi connectivity index (χ1v) is 10.2. The van der Waals surface area contributed by atoms with Gasteiger partial charge in [0.2, 0.25) is 5.95 Å². The van der Waals surface area contributed by atoms with E-state index in [1.807, 2.05) is 49.4 Å². The molecule has 7 heteroatoms. The first-order valence-electron chi connectivity index (χ1n) is 9.87. The van der Waals surface area contributed by atoms with Crippen LogP contribution in [-0.2, 0) is 6.54 Å². The zero-order chi connectivity index (χ0) is 21.5. The summed E-state index contributed by atoms with van der Waals surface area (Å²) in [5.41, 5.74) is 2.97. The summed E-state index contributed by atoms with van der Waals surface area (Å²) in [6, 6.07) is 18.8. The van der Waals surface area contributed by atoms with E-state index in [2.05, 4.69) is 51.5 Å². The minimum atomic E-state index is -0.391. The second-order valence-corrected chi connectivity index (χ2v) is 7.97. The largest absolute Gasteiger partial charge is 0.336 e. The van der Waals surface area contributed by atoms with Crippen molar-refractivity contribution in [2.24, 2.45) is 5.92 Å². The summed E-state index contributed by atoms with van der Waals surface area (Å²) in [6.45, 7) is 7.67. The lowest BCUT2D eigenvalue weighted by Gasteiger charge is -2.25. The van der Waals surface area contributed by atoms with E-state index >= 15 is 0 Å². The Hall–Kier alpha value is -3.12. The van der Waals surface area contributed by atoms with E-state index in [1.54, 1.807) is 0 Å². The molecular weight excluding hydrogens is 398 g/mol. The first kappa shape index (κ1) is 21.6. The highest BCUT2D eigenvalue weighted by molar-refractivity contribution is 6.29. The standard InChI is InChI=1S/C23H26ClN5O/c1-16(2)14-29(15-18-7-5-4-6-8-18)22-26-20(24)13-21(27-22)28-23(30)25-19-11-9-17(3)10-12-19/h4-13,16H,14-15H2,1-3H3,(H2,25,26,27,28,30). The van der Waals surface area contributed by atoms with E-state index in [-0.39, 0.29) is 5.15 Å². The van der Waals surface area contributed by atoms with Crippen LogP contribution < -0.4 is 15.5 Å². The van der Waals surface area contributed by atoms with E-state index in [4.69, 9.17) is 11.6 Å². The van der Waals surface area contributed by atoms with Gasteiger partial charge in [-0.25, -0.2) is 9.78 Å². The number of carbonyl (C=O) groups excluding carboxylic acids is 1. The van der Waals surface area contributed by atoms with Crippen LogP contribution >= 0.6 is 11.6 Å². The summed E-state index contributed by atoms with van der Waals surface area (Å²) in [5.74, 6) is 1.22. The zero-order valence-corrected chi connectivity index (χ0v) is 18.1. The van der Waals surface area contributed by atoms with Gasteiger partial charge in [0.05, 0.1) is 0 Å². The molecule has 0 saturated heterocycles. The summed E-state index contributed by atoms with van der Waals surface area (Å²) in [7, 11) is 0. The van der Waals surface area contributed by atoms with Gasteiger partial charge in [-0.1, -0.05) is 73.5 Å². The van der Waals surface area contributed by atoms with Crippen LogP contribution in [0.3, 0.4) is 0 Å². The van der Waals surface area contributed by atoms with Gasteiger partial charge < -0.3 is 10.2 Å². The van der Waals surface area contributed by atoms with Crippen molar-refractivity contribution in [3.05, 3.63) is 76.9 Å². The van der Waals surface area contributed by atoms with Gasteiger partial charge in [-0.2, -0.15) is 4.98 Å². The molecule has 0 saturated carbocycles. The highest BCUT2D eigenvalue weighted by Crippen LogP contribution is 2.21. The maximum absolute atomic E-state index is 12.4. The molecule has 30 heavy (non-hydrogen) atoms. The van der Waals surface area contributed by atoms with E-state index in [9.17, 15) is 4.79 Å². The average molecular weight is 424 g/mol. The minimum absolute atomic E-state index is 0.271. The van der Waals surface area contributed by atoms with Crippen LogP contribution in [0.2, 0.25) is 5.15 Å². The van der Waals surface area contributed by atoms with Gasteiger partial charge in [0.1, 0.15) is 11.0 Å². The zero-order valence-electron chi connectivity index (χ0n) is 17.4. The van der Waals surface area contributed by atoms with Crippen molar-refractivity contribution in [2.75, 3.05) is 22.1 Å². The predicted molar refractivity (Wildman–Crippen MR) is 123 cm³/mol. The summed E-state index contributed by atoms with van der Waals surface area (Å²) in [5, 5.41) is 5.81. The SMILES string of the molecule is Cc1ccc(NC(=O)Nc2cc(Cl)nc(N(Cc3ccccc3)CC(C)C)n2)cc1. The number of hydrogen-bond donors (Lipinski definition) is 2. The molecule has 0 fully saturated rings. The quantitative estimate of drug-likeness (QED) is 0.475. The van der Waals surface area contributed by atoms with Crippen LogP contribution in [0, 0.1) is 12.8 Å². The lowest BCUT2D eigenvalue weighted by atomic mass is 10.1. The Morgan fingerprint density at radius 3 is 2.40 bits per heavy atom. The number of hydrogen-bond acceptors (Lipinski definition) is 4. The molecule has 3 aromatic rings. The first-order chi connectivity index (χ1) is 14.4. The Morgan fingerprint density at radius 1 is 1.03 bits per heavy atom. The van der Waals surface area contributed by atoms with E-state index in [0.29, 0.717) is 29.9 Å². The second kappa shape index (κ2) is 10.1. The molecular formula is C23H26ClN5O. The van der Waals surface area contributed by atoms with Crippen LogP contribution in [0.25, 0.3) is 0 Å². The molecule has 0 spiro atoms. The second-order valence-electron chi connectivity index (χ2n) is 7.58. The third-order valence-electron chi connectivity index (χ3n) is 4.32. The number of halogens is 1. The summed E-state index contributed by atoms with van der Waals surface area (Å²) in [4.78, 5) is 23.4. The van der Waals surface area contributed by atoms with Crippen LogP contribution in [0.15, 0.2) is 60.7 Å². The lowest BCUT2D eigenvalue weighted by Crippen LogP contribution is -2.29. The highest BCUT2D eigenvalue weighted by atomic mass is 35.5. The van der Waals surface area contributed by atoms with Crippen LogP contribution in [0.1, 0.15) is 25.0 Å². The fourth-order valence-corrected chi connectivity index (χ4v) is 3.17. The van der Waals surface area contributed by atoms with Gasteiger partial charge in [0.25, 0.3) is 0 Å². The van der Waals surface area contributed by atoms with Crippen molar-refractivity contribution in [3.8, 4) is 0 Å². The van der Waals surface area contributed by atoms with E-state index in [1.165, 1.54) is 6.07 Å².